The first-order valence-electron chi connectivity index (χ1n) is 9.49. The molecule has 0 saturated carbocycles. The van der Waals surface area contributed by atoms with E-state index in [0.29, 0.717) is 18.8 Å². The fourth-order valence-corrected chi connectivity index (χ4v) is 4.81. The zero-order valence-corrected chi connectivity index (χ0v) is 17.5. The van der Waals surface area contributed by atoms with Crippen molar-refractivity contribution in [3.63, 3.8) is 0 Å². The second-order valence-corrected chi connectivity index (χ2v) is 8.93. The number of carbonyl (C=O) groups is 1. The monoisotopic (exact) mass is 433 g/mol. The van der Waals surface area contributed by atoms with Crippen molar-refractivity contribution in [3.8, 4) is 5.75 Å². The lowest BCUT2D eigenvalue weighted by atomic mass is 10.2. The summed E-state index contributed by atoms with van der Waals surface area (Å²) < 4.78 is 32.3. The molecule has 1 atom stereocenters. The third-order valence-electron chi connectivity index (χ3n) is 4.96. The van der Waals surface area contributed by atoms with Crippen molar-refractivity contribution in [2.45, 2.75) is 30.8 Å². The Labute approximate surface area is 175 Å². The number of hydrogen-bond acceptors (Lipinski definition) is 6. The van der Waals surface area contributed by atoms with Crippen LogP contribution in [0.4, 0.5) is 11.4 Å². The standard InChI is InChI=1S/C20H23N3O6S/c1-15(20(24)21(2)16-8-4-3-5-9-16)29-19-11-10-17(14-18(19)23(25)26)30(27,28)22-12-6-7-13-22/h3-5,8-11,14-15H,6-7,12-13H2,1-2H3/t15-/m0/s1. The van der Waals surface area contributed by atoms with Crippen LogP contribution in [0.15, 0.2) is 53.4 Å². The van der Waals surface area contributed by atoms with Gasteiger partial charge in [0.15, 0.2) is 11.9 Å². The van der Waals surface area contributed by atoms with Crippen molar-refractivity contribution in [1.29, 1.82) is 0 Å². The summed E-state index contributed by atoms with van der Waals surface area (Å²) in [6, 6.07) is 12.4. The minimum Gasteiger partial charge on any atom is -0.474 e. The SMILES string of the molecule is C[C@H](Oc1ccc(S(=O)(=O)N2CCCC2)cc1[N+](=O)[O-])C(=O)N(C)c1ccccc1. The van der Waals surface area contributed by atoms with E-state index in [9.17, 15) is 23.3 Å². The van der Waals surface area contributed by atoms with Gasteiger partial charge in [0.2, 0.25) is 10.0 Å². The number of nitro benzene ring substituents is 1. The van der Waals surface area contributed by atoms with Crippen LogP contribution in [0.5, 0.6) is 5.75 Å². The van der Waals surface area contributed by atoms with Crippen LogP contribution in [0.2, 0.25) is 0 Å². The van der Waals surface area contributed by atoms with E-state index in [4.69, 9.17) is 4.74 Å². The van der Waals surface area contributed by atoms with Gasteiger partial charge in [0.05, 0.1) is 9.82 Å². The van der Waals surface area contributed by atoms with Crippen LogP contribution in [0.1, 0.15) is 19.8 Å². The van der Waals surface area contributed by atoms with Crippen LogP contribution >= 0.6 is 0 Å². The van der Waals surface area contributed by atoms with E-state index in [1.54, 1.807) is 31.3 Å². The molecule has 1 heterocycles. The van der Waals surface area contributed by atoms with Gasteiger partial charge in [-0.15, -0.1) is 0 Å². The molecule has 10 heteroatoms. The fourth-order valence-electron chi connectivity index (χ4n) is 3.27. The Morgan fingerprint density at radius 2 is 1.80 bits per heavy atom. The molecular formula is C20H23N3O6S. The molecule has 3 rings (SSSR count). The molecule has 0 unspecified atom stereocenters. The Morgan fingerprint density at radius 3 is 2.40 bits per heavy atom. The van der Waals surface area contributed by atoms with Crippen LogP contribution in [-0.2, 0) is 14.8 Å². The largest absolute Gasteiger partial charge is 0.474 e. The number of amides is 1. The highest BCUT2D eigenvalue weighted by molar-refractivity contribution is 7.89. The molecule has 1 amide bonds. The van der Waals surface area contributed by atoms with E-state index in [0.717, 1.165) is 18.9 Å². The molecule has 1 fully saturated rings. The van der Waals surface area contributed by atoms with E-state index < -0.39 is 32.6 Å². The summed E-state index contributed by atoms with van der Waals surface area (Å²) in [4.78, 5) is 24.7. The van der Waals surface area contributed by atoms with Gasteiger partial charge in [0.25, 0.3) is 5.91 Å². The molecule has 0 aromatic heterocycles. The smallest absolute Gasteiger partial charge is 0.312 e. The van der Waals surface area contributed by atoms with Gasteiger partial charge in [-0.3, -0.25) is 14.9 Å². The van der Waals surface area contributed by atoms with Crippen molar-refractivity contribution in [1.82, 2.24) is 4.31 Å². The van der Waals surface area contributed by atoms with Crippen molar-refractivity contribution in [3.05, 3.63) is 58.6 Å². The highest BCUT2D eigenvalue weighted by Crippen LogP contribution is 2.32. The van der Waals surface area contributed by atoms with Gasteiger partial charge in [0.1, 0.15) is 0 Å². The van der Waals surface area contributed by atoms with E-state index in [1.165, 1.54) is 28.3 Å². The van der Waals surface area contributed by atoms with Crippen LogP contribution in [0.3, 0.4) is 0 Å². The maximum atomic E-state index is 12.7. The molecule has 0 aliphatic carbocycles. The molecule has 30 heavy (non-hydrogen) atoms. The predicted octanol–water partition coefficient (Wildman–Crippen LogP) is 2.81. The molecule has 1 saturated heterocycles. The number of sulfonamides is 1. The molecule has 0 bridgehead atoms. The molecule has 2 aromatic carbocycles. The van der Waals surface area contributed by atoms with Crippen molar-refractivity contribution in [2.24, 2.45) is 0 Å². The minimum absolute atomic E-state index is 0.163. The van der Waals surface area contributed by atoms with Crippen molar-refractivity contribution < 1.29 is 22.9 Å². The molecular weight excluding hydrogens is 410 g/mol. The summed E-state index contributed by atoms with van der Waals surface area (Å²) in [6.07, 6.45) is 0.503. The molecule has 1 aliphatic rings. The van der Waals surface area contributed by atoms with Gasteiger partial charge in [0, 0.05) is 31.9 Å². The van der Waals surface area contributed by atoms with E-state index in [-0.39, 0.29) is 10.6 Å². The molecule has 1 aliphatic heterocycles. The van der Waals surface area contributed by atoms with Gasteiger partial charge in [-0.2, -0.15) is 4.31 Å². The van der Waals surface area contributed by atoms with Gasteiger partial charge in [-0.1, -0.05) is 18.2 Å². The zero-order valence-electron chi connectivity index (χ0n) is 16.7. The van der Waals surface area contributed by atoms with Crippen LogP contribution in [0.25, 0.3) is 0 Å². The number of hydrogen-bond donors (Lipinski definition) is 0. The fraction of sp³-hybridized carbons (Fsp3) is 0.350. The summed E-state index contributed by atoms with van der Waals surface area (Å²) in [5.74, 6) is -0.563. The summed E-state index contributed by atoms with van der Waals surface area (Å²) in [5.41, 5.74) is 0.150. The third-order valence-corrected chi connectivity index (χ3v) is 6.85. The van der Waals surface area contributed by atoms with Gasteiger partial charge < -0.3 is 9.64 Å². The number of nitro groups is 1. The second kappa shape index (κ2) is 8.80. The first kappa shape index (κ1) is 21.7. The normalized spacial score (nSPS) is 15.5. The number of para-hydroxylation sites is 1. The van der Waals surface area contributed by atoms with Crippen LogP contribution in [0, 0.1) is 10.1 Å². The molecule has 2 aromatic rings. The lowest BCUT2D eigenvalue weighted by molar-refractivity contribution is -0.386. The summed E-state index contributed by atoms with van der Waals surface area (Å²) >= 11 is 0. The summed E-state index contributed by atoms with van der Waals surface area (Å²) in [6.45, 7) is 2.28. The first-order valence-corrected chi connectivity index (χ1v) is 10.9. The number of benzene rings is 2. The Morgan fingerprint density at radius 1 is 1.17 bits per heavy atom. The Bertz CT molecular complexity index is 1040. The van der Waals surface area contributed by atoms with Gasteiger partial charge >= 0.3 is 5.69 Å². The minimum atomic E-state index is -3.81. The molecule has 0 radical (unpaired) electrons. The number of anilines is 1. The molecule has 160 valence electrons. The maximum absolute atomic E-state index is 12.7. The highest BCUT2D eigenvalue weighted by atomic mass is 32.2. The summed E-state index contributed by atoms with van der Waals surface area (Å²) in [7, 11) is -2.23. The van der Waals surface area contributed by atoms with E-state index in [2.05, 4.69) is 0 Å². The topological polar surface area (TPSA) is 110 Å². The summed E-state index contributed by atoms with van der Waals surface area (Å²) in [5, 5.41) is 11.6. The average molecular weight is 433 g/mol. The number of likely N-dealkylation sites (N-methyl/N-ethyl adjacent to an activating group) is 1. The van der Waals surface area contributed by atoms with Crippen LogP contribution < -0.4 is 9.64 Å². The predicted molar refractivity (Wildman–Crippen MR) is 111 cm³/mol. The molecule has 9 nitrogen and oxygen atoms in total. The third kappa shape index (κ3) is 4.44. The van der Waals surface area contributed by atoms with Crippen LogP contribution in [-0.4, -0.2) is 49.8 Å². The van der Waals surface area contributed by atoms with E-state index in [1.807, 2.05) is 6.07 Å². The Kier molecular flexibility index (Phi) is 6.37. The van der Waals surface area contributed by atoms with Gasteiger partial charge in [-0.05, 0) is 44.0 Å². The van der Waals surface area contributed by atoms with Crippen molar-refractivity contribution in [2.75, 3.05) is 25.0 Å². The quantitative estimate of drug-likeness (QED) is 0.490. The number of ether oxygens (including phenoxy) is 1. The lowest BCUT2D eigenvalue weighted by Crippen LogP contribution is -2.38. The lowest BCUT2D eigenvalue weighted by Gasteiger charge is -2.22. The number of nitrogens with zero attached hydrogens (tertiary/aromatic N) is 3. The Balaban J connectivity index is 1.83. The molecule has 0 N–H and O–H groups in total. The average Bonchev–Trinajstić information content (AvgIpc) is 3.29. The first-order chi connectivity index (χ1) is 14.2. The van der Waals surface area contributed by atoms with Gasteiger partial charge in [-0.25, -0.2) is 8.42 Å². The number of carbonyl (C=O) groups excluding carboxylic acids is 1. The zero-order chi connectivity index (χ0) is 21.9. The molecule has 0 spiro atoms. The van der Waals surface area contributed by atoms with E-state index >= 15 is 0 Å². The maximum Gasteiger partial charge on any atom is 0.312 e. The highest BCUT2D eigenvalue weighted by Gasteiger charge is 2.31. The Hall–Kier alpha value is -2.98. The number of rotatable bonds is 7. The second-order valence-electron chi connectivity index (χ2n) is 6.99. The van der Waals surface area contributed by atoms with Crippen molar-refractivity contribution >= 4 is 27.3 Å².